The number of primary amides is 1. The highest BCUT2D eigenvalue weighted by Gasteiger charge is 2.25. The van der Waals surface area contributed by atoms with E-state index < -0.39 is 11.9 Å². The number of fused-ring (bicyclic) bond motifs is 1. The van der Waals surface area contributed by atoms with Gasteiger partial charge < -0.3 is 15.6 Å². The third kappa shape index (κ3) is 5.52. The molecule has 34 heavy (non-hydrogen) atoms. The van der Waals surface area contributed by atoms with E-state index in [9.17, 15) is 9.59 Å². The molecule has 0 bridgehead atoms. The van der Waals surface area contributed by atoms with E-state index in [-0.39, 0.29) is 5.91 Å². The third-order valence-corrected chi connectivity index (χ3v) is 8.06. The molecule has 1 aliphatic carbocycles. The van der Waals surface area contributed by atoms with Gasteiger partial charge in [-0.25, -0.2) is 4.98 Å². The van der Waals surface area contributed by atoms with Gasteiger partial charge in [-0.15, -0.1) is 11.3 Å². The van der Waals surface area contributed by atoms with Crippen molar-refractivity contribution in [1.29, 1.82) is 0 Å². The second-order valence-corrected chi connectivity index (χ2v) is 10.5. The van der Waals surface area contributed by atoms with Crippen LogP contribution >= 0.6 is 11.3 Å². The molecule has 0 radical (unpaired) electrons. The molecule has 1 aliphatic rings. The van der Waals surface area contributed by atoms with Crippen molar-refractivity contribution in [2.24, 2.45) is 11.7 Å². The van der Waals surface area contributed by atoms with Gasteiger partial charge in [-0.05, 0) is 54.8 Å². The summed E-state index contributed by atoms with van der Waals surface area (Å²) in [5.74, 6) is 0.746. The quantitative estimate of drug-likeness (QED) is 0.395. The van der Waals surface area contributed by atoms with Crippen LogP contribution in [0.1, 0.15) is 92.3 Å². The fourth-order valence-corrected chi connectivity index (χ4v) is 5.99. The minimum Gasteiger partial charge on any atom is -0.368 e. The summed E-state index contributed by atoms with van der Waals surface area (Å²) < 4.78 is 2.34. The zero-order valence-electron chi connectivity index (χ0n) is 20.3. The van der Waals surface area contributed by atoms with Gasteiger partial charge in [0.2, 0.25) is 5.91 Å². The molecule has 3 aromatic rings. The molecule has 2 heterocycles. The Morgan fingerprint density at radius 2 is 1.94 bits per heavy atom. The Kier molecular flexibility index (Phi) is 8.03. The lowest BCUT2D eigenvalue weighted by Gasteiger charge is -2.25. The summed E-state index contributed by atoms with van der Waals surface area (Å²) in [5, 5.41) is 4.99. The molecular formula is C27H36N4O2S. The zero-order chi connectivity index (χ0) is 24.1. The summed E-state index contributed by atoms with van der Waals surface area (Å²) in [6, 6.07) is 9.60. The first-order valence-corrected chi connectivity index (χ1v) is 13.5. The average molecular weight is 481 g/mol. The summed E-state index contributed by atoms with van der Waals surface area (Å²) in [7, 11) is 0. The van der Waals surface area contributed by atoms with Crippen LogP contribution in [0.4, 0.5) is 0 Å². The number of thiophene rings is 1. The maximum Gasteiger partial charge on any atom is 0.252 e. The van der Waals surface area contributed by atoms with Crippen LogP contribution in [0.2, 0.25) is 0 Å². The van der Waals surface area contributed by atoms with Crippen LogP contribution in [0.15, 0.2) is 35.7 Å². The van der Waals surface area contributed by atoms with E-state index in [2.05, 4.69) is 41.2 Å². The molecule has 1 saturated carbocycles. The maximum atomic E-state index is 13.1. The van der Waals surface area contributed by atoms with Crippen LogP contribution in [-0.2, 0) is 11.2 Å². The third-order valence-electron chi connectivity index (χ3n) is 7.19. The molecule has 182 valence electrons. The second kappa shape index (κ2) is 11.2. The topological polar surface area (TPSA) is 90.0 Å². The molecule has 7 heteroatoms. The van der Waals surface area contributed by atoms with Gasteiger partial charge in [0.05, 0.1) is 11.0 Å². The van der Waals surface area contributed by atoms with Crippen molar-refractivity contribution in [2.75, 3.05) is 0 Å². The standard InChI is InChI=1S/C27H36N4O2S/c1-3-20(4-2)31-24-13-12-19(16-22(24)29-25(31)17-21-11-8-14-34-21)27(33)30-23(26(28)32)15-18-9-6-5-7-10-18/h8,11-14,16,18,20,23H,3-7,9-10,15,17H2,1-2H3,(H2,28,32)(H,30,33)/t23-/m0/s1. The molecule has 4 rings (SSSR count). The Balaban J connectivity index is 1.59. The number of nitrogens with zero attached hydrogens (tertiary/aromatic N) is 2. The Hall–Kier alpha value is -2.67. The Morgan fingerprint density at radius 3 is 2.59 bits per heavy atom. The van der Waals surface area contributed by atoms with Crippen molar-refractivity contribution in [2.45, 2.75) is 83.7 Å². The number of hydrogen-bond acceptors (Lipinski definition) is 4. The molecule has 0 unspecified atom stereocenters. The van der Waals surface area contributed by atoms with Gasteiger partial charge in [0.1, 0.15) is 11.9 Å². The maximum absolute atomic E-state index is 13.1. The number of imidazole rings is 1. The molecule has 1 fully saturated rings. The van der Waals surface area contributed by atoms with Gasteiger partial charge >= 0.3 is 0 Å². The number of nitrogens with one attached hydrogen (secondary N) is 1. The highest BCUT2D eigenvalue weighted by atomic mass is 32.1. The van der Waals surface area contributed by atoms with Gasteiger partial charge in [0.15, 0.2) is 0 Å². The first-order chi connectivity index (χ1) is 16.5. The minimum atomic E-state index is -0.636. The smallest absolute Gasteiger partial charge is 0.252 e. The number of aromatic nitrogens is 2. The van der Waals surface area contributed by atoms with E-state index in [1.807, 2.05) is 18.2 Å². The number of rotatable bonds is 10. The second-order valence-electron chi connectivity index (χ2n) is 9.50. The van der Waals surface area contributed by atoms with Gasteiger partial charge in [-0.1, -0.05) is 52.0 Å². The number of hydrogen-bond donors (Lipinski definition) is 2. The van der Waals surface area contributed by atoms with Crippen LogP contribution < -0.4 is 11.1 Å². The Bertz CT molecular complexity index is 1110. The van der Waals surface area contributed by atoms with Crippen molar-refractivity contribution in [3.8, 4) is 0 Å². The lowest BCUT2D eigenvalue weighted by atomic mass is 9.84. The lowest BCUT2D eigenvalue weighted by molar-refractivity contribution is -0.120. The van der Waals surface area contributed by atoms with Crippen molar-refractivity contribution in [3.63, 3.8) is 0 Å². The largest absolute Gasteiger partial charge is 0.368 e. The summed E-state index contributed by atoms with van der Waals surface area (Å²) in [4.78, 5) is 31.4. The summed E-state index contributed by atoms with van der Waals surface area (Å²) in [6.07, 6.45) is 9.26. The van der Waals surface area contributed by atoms with E-state index in [4.69, 9.17) is 10.7 Å². The first-order valence-electron chi connectivity index (χ1n) is 12.6. The van der Waals surface area contributed by atoms with E-state index in [1.165, 1.54) is 24.1 Å². The van der Waals surface area contributed by atoms with Gasteiger partial charge in [0.25, 0.3) is 5.91 Å². The predicted octanol–water partition coefficient (Wildman–Crippen LogP) is 5.60. The van der Waals surface area contributed by atoms with Crippen molar-refractivity contribution in [1.82, 2.24) is 14.9 Å². The molecule has 3 N–H and O–H groups in total. The van der Waals surface area contributed by atoms with E-state index in [1.54, 1.807) is 11.3 Å². The predicted molar refractivity (Wildman–Crippen MR) is 138 cm³/mol. The van der Waals surface area contributed by atoms with Crippen LogP contribution in [0, 0.1) is 5.92 Å². The van der Waals surface area contributed by atoms with Crippen molar-refractivity contribution < 1.29 is 9.59 Å². The molecule has 6 nitrogen and oxygen atoms in total. The van der Waals surface area contributed by atoms with Gasteiger partial charge in [0, 0.05) is 22.9 Å². The highest BCUT2D eigenvalue weighted by Crippen LogP contribution is 2.29. The molecule has 0 aliphatic heterocycles. The monoisotopic (exact) mass is 480 g/mol. The SMILES string of the molecule is CCC(CC)n1c(Cc2cccs2)nc2cc(C(=O)N[C@@H](CC3CCCCC3)C(N)=O)ccc21. The molecule has 2 amide bonds. The van der Waals surface area contributed by atoms with E-state index in [0.29, 0.717) is 23.9 Å². The first kappa shape index (κ1) is 24.5. The van der Waals surface area contributed by atoms with Crippen LogP contribution in [0.3, 0.4) is 0 Å². The number of nitrogens with two attached hydrogens (primary N) is 1. The van der Waals surface area contributed by atoms with E-state index in [0.717, 1.165) is 49.0 Å². The molecule has 0 spiro atoms. The summed E-state index contributed by atoms with van der Waals surface area (Å²) in [5.41, 5.74) is 8.03. The fraction of sp³-hybridized carbons (Fsp3) is 0.519. The molecule has 1 atom stereocenters. The number of amides is 2. The molecule has 0 saturated heterocycles. The average Bonchev–Trinajstić information content (AvgIpc) is 3.48. The number of carbonyl (C=O) groups excluding carboxylic acids is 2. The highest BCUT2D eigenvalue weighted by molar-refractivity contribution is 7.09. The Labute approximate surface area is 205 Å². The summed E-state index contributed by atoms with van der Waals surface area (Å²) >= 11 is 1.73. The van der Waals surface area contributed by atoms with Crippen LogP contribution in [-0.4, -0.2) is 27.4 Å². The van der Waals surface area contributed by atoms with Gasteiger partial charge in [-0.2, -0.15) is 0 Å². The van der Waals surface area contributed by atoms with Crippen LogP contribution in [0.25, 0.3) is 11.0 Å². The zero-order valence-corrected chi connectivity index (χ0v) is 21.1. The van der Waals surface area contributed by atoms with Crippen molar-refractivity contribution in [3.05, 3.63) is 52.0 Å². The molecular weight excluding hydrogens is 444 g/mol. The number of benzene rings is 1. The van der Waals surface area contributed by atoms with E-state index >= 15 is 0 Å². The van der Waals surface area contributed by atoms with Crippen LogP contribution in [0.5, 0.6) is 0 Å². The van der Waals surface area contributed by atoms with Gasteiger partial charge in [-0.3, -0.25) is 9.59 Å². The molecule has 1 aromatic carbocycles. The minimum absolute atomic E-state index is 0.265. The fourth-order valence-electron chi connectivity index (χ4n) is 5.29. The lowest BCUT2D eigenvalue weighted by Crippen LogP contribution is -2.45. The normalized spacial score (nSPS) is 15.6. The summed E-state index contributed by atoms with van der Waals surface area (Å²) in [6.45, 7) is 4.40. The number of carbonyl (C=O) groups is 2. The Morgan fingerprint density at radius 1 is 1.18 bits per heavy atom. The van der Waals surface area contributed by atoms with Crippen molar-refractivity contribution >= 4 is 34.2 Å². The molecule has 2 aromatic heterocycles.